The fraction of sp³-hybridized carbons (Fsp3) is 0.533. The summed E-state index contributed by atoms with van der Waals surface area (Å²) in [6.45, 7) is 5.83. The maximum absolute atomic E-state index is 12.5. The lowest BCUT2D eigenvalue weighted by atomic mass is 10.1. The van der Waals surface area contributed by atoms with Crippen LogP contribution in [-0.2, 0) is 4.79 Å². The molecule has 21 heavy (non-hydrogen) atoms. The molecule has 0 saturated carbocycles. The van der Waals surface area contributed by atoms with Crippen molar-refractivity contribution < 1.29 is 4.79 Å². The van der Waals surface area contributed by atoms with Gasteiger partial charge in [-0.15, -0.1) is 0 Å². The molecule has 1 fully saturated rings. The Morgan fingerprint density at radius 2 is 2.29 bits per heavy atom. The number of nitrogen functional groups attached to an aromatic ring is 1. The van der Waals surface area contributed by atoms with Crippen molar-refractivity contribution in [3.63, 3.8) is 0 Å². The Bertz CT molecular complexity index is 487. The van der Waals surface area contributed by atoms with Gasteiger partial charge in [-0.25, -0.2) is 0 Å². The summed E-state index contributed by atoms with van der Waals surface area (Å²) in [5, 5.41) is 6.79. The number of hydrogen-bond donors (Lipinski definition) is 3. The first kappa shape index (κ1) is 16.1. The summed E-state index contributed by atoms with van der Waals surface area (Å²) >= 11 is 5.89. The predicted octanol–water partition coefficient (Wildman–Crippen LogP) is 1.93. The van der Waals surface area contributed by atoms with E-state index in [1.54, 1.807) is 18.2 Å². The van der Waals surface area contributed by atoms with Crippen molar-refractivity contribution in [1.29, 1.82) is 0 Å². The maximum Gasteiger partial charge on any atom is 0.241 e. The molecule has 1 saturated heterocycles. The van der Waals surface area contributed by atoms with Crippen molar-refractivity contribution in [1.82, 2.24) is 10.2 Å². The first-order chi connectivity index (χ1) is 10.1. The zero-order valence-corrected chi connectivity index (χ0v) is 13.1. The molecule has 0 aromatic heterocycles. The Kier molecular flexibility index (Phi) is 5.85. The molecule has 1 aromatic carbocycles. The van der Waals surface area contributed by atoms with Crippen LogP contribution < -0.4 is 16.4 Å². The SMILES string of the molecule is CCC(C(=O)Nc1ccc(Cl)c(N)c1)N1CCCNCC1. The monoisotopic (exact) mass is 310 g/mol. The molecule has 1 aliphatic heterocycles. The molecule has 5 nitrogen and oxygen atoms in total. The fourth-order valence-electron chi connectivity index (χ4n) is 2.63. The zero-order valence-electron chi connectivity index (χ0n) is 12.4. The quantitative estimate of drug-likeness (QED) is 0.743. The van der Waals surface area contributed by atoms with E-state index in [4.69, 9.17) is 17.3 Å². The van der Waals surface area contributed by atoms with Crippen molar-refractivity contribution in [2.75, 3.05) is 37.2 Å². The fourth-order valence-corrected chi connectivity index (χ4v) is 2.75. The number of anilines is 2. The van der Waals surface area contributed by atoms with E-state index in [0.717, 1.165) is 39.0 Å². The van der Waals surface area contributed by atoms with Gasteiger partial charge < -0.3 is 16.4 Å². The molecule has 1 atom stereocenters. The van der Waals surface area contributed by atoms with Crippen LogP contribution in [0.5, 0.6) is 0 Å². The van der Waals surface area contributed by atoms with Gasteiger partial charge in [0.05, 0.1) is 16.8 Å². The number of nitrogens with one attached hydrogen (secondary N) is 2. The van der Waals surface area contributed by atoms with Crippen molar-refractivity contribution >= 4 is 28.9 Å². The van der Waals surface area contributed by atoms with E-state index in [-0.39, 0.29) is 11.9 Å². The number of amides is 1. The van der Waals surface area contributed by atoms with Crippen LogP contribution in [-0.4, -0.2) is 43.0 Å². The van der Waals surface area contributed by atoms with Crippen LogP contribution in [0.3, 0.4) is 0 Å². The Morgan fingerprint density at radius 1 is 1.48 bits per heavy atom. The van der Waals surface area contributed by atoms with Gasteiger partial charge in [0, 0.05) is 25.3 Å². The third-order valence-corrected chi connectivity index (χ3v) is 4.11. The van der Waals surface area contributed by atoms with E-state index >= 15 is 0 Å². The lowest BCUT2D eigenvalue weighted by molar-refractivity contribution is -0.121. The molecule has 4 N–H and O–H groups in total. The third-order valence-electron chi connectivity index (χ3n) is 3.77. The van der Waals surface area contributed by atoms with Gasteiger partial charge in [-0.05, 0) is 37.6 Å². The van der Waals surface area contributed by atoms with Crippen LogP contribution in [0.15, 0.2) is 18.2 Å². The molecule has 6 heteroatoms. The minimum Gasteiger partial charge on any atom is -0.397 e. The summed E-state index contributed by atoms with van der Waals surface area (Å²) in [5.41, 5.74) is 6.93. The van der Waals surface area contributed by atoms with Crippen molar-refractivity contribution in [2.45, 2.75) is 25.8 Å². The molecule has 1 amide bonds. The largest absolute Gasteiger partial charge is 0.397 e. The topological polar surface area (TPSA) is 70.4 Å². The molecular weight excluding hydrogens is 288 g/mol. The molecular formula is C15H23ClN4O. The highest BCUT2D eigenvalue weighted by molar-refractivity contribution is 6.33. The number of carbonyl (C=O) groups is 1. The Morgan fingerprint density at radius 3 is 3.00 bits per heavy atom. The number of hydrogen-bond acceptors (Lipinski definition) is 4. The Balaban J connectivity index is 2.03. The van der Waals surface area contributed by atoms with E-state index in [1.807, 2.05) is 6.92 Å². The van der Waals surface area contributed by atoms with Gasteiger partial charge in [0.1, 0.15) is 0 Å². The van der Waals surface area contributed by atoms with Crippen LogP contribution in [0.25, 0.3) is 0 Å². The van der Waals surface area contributed by atoms with E-state index in [1.165, 1.54) is 0 Å². The molecule has 0 aliphatic carbocycles. The summed E-state index contributed by atoms with van der Waals surface area (Å²) < 4.78 is 0. The standard InChI is InChI=1S/C15H23ClN4O/c1-2-14(20-8-3-6-18-7-9-20)15(21)19-11-4-5-12(16)13(17)10-11/h4-5,10,14,18H,2-3,6-9,17H2,1H3,(H,19,21). The Hall–Kier alpha value is -1.30. The number of carbonyl (C=O) groups excluding carboxylic acids is 1. The number of nitrogens with two attached hydrogens (primary N) is 1. The van der Waals surface area contributed by atoms with Gasteiger partial charge in [0.15, 0.2) is 0 Å². The van der Waals surface area contributed by atoms with Crippen molar-refractivity contribution in [3.05, 3.63) is 23.2 Å². The average Bonchev–Trinajstić information content (AvgIpc) is 2.73. The van der Waals surface area contributed by atoms with Crippen LogP contribution >= 0.6 is 11.6 Å². The minimum absolute atomic E-state index is 0.0149. The highest BCUT2D eigenvalue weighted by Gasteiger charge is 2.24. The molecule has 116 valence electrons. The minimum atomic E-state index is -0.109. The van der Waals surface area contributed by atoms with Crippen molar-refractivity contribution in [2.24, 2.45) is 0 Å². The summed E-state index contributed by atoms with van der Waals surface area (Å²) in [4.78, 5) is 14.7. The molecule has 1 aliphatic rings. The van der Waals surface area contributed by atoms with Gasteiger partial charge in [-0.2, -0.15) is 0 Å². The third kappa shape index (κ3) is 4.33. The molecule has 1 unspecified atom stereocenters. The summed E-state index contributed by atoms with van der Waals surface area (Å²) in [7, 11) is 0. The Labute approximate surface area is 130 Å². The van der Waals surface area contributed by atoms with Gasteiger partial charge >= 0.3 is 0 Å². The molecule has 0 radical (unpaired) electrons. The molecule has 0 bridgehead atoms. The predicted molar refractivity (Wildman–Crippen MR) is 87.6 cm³/mol. The molecule has 1 aromatic rings. The molecule has 0 spiro atoms. The van der Waals surface area contributed by atoms with E-state index in [2.05, 4.69) is 15.5 Å². The van der Waals surface area contributed by atoms with E-state index < -0.39 is 0 Å². The summed E-state index contributed by atoms with van der Waals surface area (Å²) in [6.07, 6.45) is 1.85. The second-order valence-electron chi connectivity index (χ2n) is 5.29. The number of halogens is 1. The molecule has 1 heterocycles. The maximum atomic E-state index is 12.5. The van der Waals surface area contributed by atoms with Gasteiger partial charge in [0.2, 0.25) is 5.91 Å². The van der Waals surface area contributed by atoms with Gasteiger partial charge in [0.25, 0.3) is 0 Å². The smallest absolute Gasteiger partial charge is 0.241 e. The zero-order chi connectivity index (χ0) is 15.2. The van der Waals surface area contributed by atoms with Gasteiger partial charge in [-0.3, -0.25) is 9.69 Å². The second-order valence-corrected chi connectivity index (χ2v) is 5.70. The van der Waals surface area contributed by atoms with Crippen LogP contribution in [0.2, 0.25) is 5.02 Å². The highest BCUT2D eigenvalue weighted by Crippen LogP contribution is 2.22. The van der Waals surface area contributed by atoms with Gasteiger partial charge in [-0.1, -0.05) is 18.5 Å². The summed E-state index contributed by atoms with van der Waals surface area (Å²) in [5.74, 6) is 0.0149. The number of rotatable bonds is 4. The van der Waals surface area contributed by atoms with E-state index in [0.29, 0.717) is 16.4 Å². The average molecular weight is 311 g/mol. The summed E-state index contributed by atoms with van der Waals surface area (Å²) in [6, 6.07) is 5.05. The molecule has 2 rings (SSSR count). The van der Waals surface area contributed by atoms with E-state index in [9.17, 15) is 4.79 Å². The first-order valence-electron chi connectivity index (χ1n) is 7.42. The van der Waals surface area contributed by atoms with Crippen LogP contribution in [0.4, 0.5) is 11.4 Å². The lowest BCUT2D eigenvalue weighted by Gasteiger charge is -2.28. The lowest BCUT2D eigenvalue weighted by Crippen LogP contribution is -2.45. The van der Waals surface area contributed by atoms with Crippen LogP contribution in [0, 0.1) is 0 Å². The second kappa shape index (κ2) is 7.64. The first-order valence-corrected chi connectivity index (χ1v) is 7.80. The normalized spacial score (nSPS) is 18.0. The van der Waals surface area contributed by atoms with Crippen molar-refractivity contribution in [3.8, 4) is 0 Å². The highest BCUT2D eigenvalue weighted by atomic mass is 35.5. The van der Waals surface area contributed by atoms with Crippen LogP contribution in [0.1, 0.15) is 19.8 Å². The number of nitrogens with zero attached hydrogens (tertiary/aromatic N) is 1. The number of benzene rings is 1.